The second-order valence-corrected chi connectivity index (χ2v) is 5.98. The molecule has 2 rings (SSSR count). The van der Waals surface area contributed by atoms with Gasteiger partial charge in [0.25, 0.3) is 0 Å². The summed E-state index contributed by atoms with van der Waals surface area (Å²) >= 11 is 0. The van der Waals surface area contributed by atoms with Crippen LogP contribution in [0.1, 0.15) is 58.3 Å². The maximum Gasteiger partial charge on any atom is 0.244 e. The van der Waals surface area contributed by atoms with Crippen LogP contribution in [0.5, 0.6) is 0 Å². The highest BCUT2D eigenvalue weighted by Crippen LogP contribution is 2.35. The Labute approximate surface area is 102 Å². The molecule has 1 aromatic heterocycles. The zero-order valence-electron chi connectivity index (χ0n) is 11.0. The minimum atomic E-state index is -0.403. The number of rotatable bonds is 2. The standard InChI is InChI=1S/C12H21N3O2/c1-11(2,3)8(13)9-14-10(15-17-9)12(4)6-5-7-16-12/h8H,5-7,13H2,1-4H3. The fourth-order valence-electron chi connectivity index (χ4n) is 1.90. The summed E-state index contributed by atoms with van der Waals surface area (Å²) in [6.07, 6.45) is 1.96. The molecular weight excluding hydrogens is 218 g/mol. The maximum atomic E-state index is 6.09. The Bertz CT molecular complexity index is 389. The summed E-state index contributed by atoms with van der Waals surface area (Å²) in [6, 6.07) is -0.256. The predicted octanol–water partition coefficient (Wildman–Crippen LogP) is 2.14. The molecule has 1 aliphatic rings. The Morgan fingerprint density at radius 3 is 2.65 bits per heavy atom. The van der Waals surface area contributed by atoms with Gasteiger partial charge >= 0.3 is 0 Å². The molecule has 2 atom stereocenters. The van der Waals surface area contributed by atoms with Crippen LogP contribution in [0.15, 0.2) is 4.52 Å². The number of hydrogen-bond acceptors (Lipinski definition) is 5. The van der Waals surface area contributed by atoms with Gasteiger partial charge in [-0.1, -0.05) is 25.9 Å². The van der Waals surface area contributed by atoms with Gasteiger partial charge in [-0.25, -0.2) is 0 Å². The van der Waals surface area contributed by atoms with Gasteiger partial charge in [0.15, 0.2) is 0 Å². The topological polar surface area (TPSA) is 74.2 Å². The van der Waals surface area contributed by atoms with E-state index >= 15 is 0 Å². The highest BCUT2D eigenvalue weighted by Gasteiger charge is 2.38. The van der Waals surface area contributed by atoms with E-state index < -0.39 is 5.60 Å². The first-order chi connectivity index (χ1) is 7.83. The Hall–Kier alpha value is -0.940. The summed E-state index contributed by atoms with van der Waals surface area (Å²) in [5.41, 5.74) is 5.59. The van der Waals surface area contributed by atoms with Crippen molar-refractivity contribution in [2.75, 3.05) is 6.61 Å². The smallest absolute Gasteiger partial charge is 0.244 e. The van der Waals surface area contributed by atoms with Crippen LogP contribution in [0.2, 0.25) is 0 Å². The van der Waals surface area contributed by atoms with Crippen LogP contribution in [-0.2, 0) is 10.3 Å². The molecule has 2 unspecified atom stereocenters. The third kappa shape index (κ3) is 2.35. The van der Waals surface area contributed by atoms with Crippen molar-refractivity contribution in [2.45, 2.75) is 52.2 Å². The Balaban J connectivity index is 2.21. The number of hydrogen-bond donors (Lipinski definition) is 1. The van der Waals surface area contributed by atoms with Crippen molar-refractivity contribution in [2.24, 2.45) is 11.1 Å². The molecular formula is C12H21N3O2. The number of ether oxygens (including phenoxy) is 1. The van der Waals surface area contributed by atoms with Crippen LogP contribution in [-0.4, -0.2) is 16.7 Å². The van der Waals surface area contributed by atoms with Crippen molar-refractivity contribution in [1.29, 1.82) is 0 Å². The molecule has 0 saturated carbocycles. The van der Waals surface area contributed by atoms with E-state index in [1.807, 2.05) is 6.92 Å². The monoisotopic (exact) mass is 239 g/mol. The molecule has 17 heavy (non-hydrogen) atoms. The van der Waals surface area contributed by atoms with Crippen LogP contribution in [0.3, 0.4) is 0 Å². The van der Waals surface area contributed by atoms with Crippen LogP contribution in [0.4, 0.5) is 0 Å². The highest BCUT2D eigenvalue weighted by atomic mass is 16.5. The van der Waals surface area contributed by atoms with Crippen LogP contribution in [0, 0.1) is 5.41 Å². The van der Waals surface area contributed by atoms with Crippen molar-refractivity contribution in [1.82, 2.24) is 10.1 Å². The average Bonchev–Trinajstić information content (AvgIpc) is 2.84. The van der Waals surface area contributed by atoms with Gasteiger partial charge in [0.2, 0.25) is 11.7 Å². The largest absolute Gasteiger partial charge is 0.367 e. The quantitative estimate of drug-likeness (QED) is 0.855. The molecule has 2 heterocycles. The lowest BCUT2D eigenvalue weighted by atomic mass is 9.87. The molecule has 0 radical (unpaired) electrons. The summed E-state index contributed by atoms with van der Waals surface area (Å²) in [5.74, 6) is 1.11. The Kier molecular flexibility index (Phi) is 2.99. The zero-order valence-corrected chi connectivity index (χ0v) is 11.0. The second kappa shape index (κ2) is 4.07. The number of aromatic nitrogens is 2. The second-order valence-electron chi connectivity index (χ2n) is 5.98. The molecule has 96 valence electrons. The first-order valence-corrected chi connectivity index (χ1v) is 6.06. The molecule has 2 N–H and O–H groups in total. The van der Waals surface area contributed by atoms with Crippen molar-refractivity contribution in [3.63, 3.8) is 0 Å². The summed E-state index contributed by atoms with van der Waals surface area (Å²) in [6.45, 7) is 8.91. The number of nitrogens with two attached hydrogens (primary N) is 1. The molecule has 0 amide bonds. The van der Waals surface area contributed by atoms with E-state index in [0.29, 0.717) is 11.7 Å². The van der Waals surface area contributed by atoms with Crippen molar-refractivity contribution >= 4 is 0 Å². The molecule has 0 bridgehead atoms. The lowest BCUT2D eigenvalue weighted by molar-refractivity contribution is 0.00768. The highest BCUT2D eigenvalue weighted by molar-refractivity contribution is 5.04. The van der Waals surface area contributed by atoms with Crippen LogP contribution < -0.4 is 5.73 Å². The van der Waals surface area contributed by atoms with Gasteiger partial charge in [0.1, 0.15) is 5.60 Å². The maximum absolute atomic E-state index is 6.09. The van der Waals surface area contributed by atoms with E-state index in [1.54, 1.807) is 0 Å². The fourth-order valence-corrected chi connectivity index (χ4v) is 1.90. The molecule has 0 spiro atoms. The lowest BCUT2D eigenvalue weighted by Crippen LogP contribution is -2.27. The summed E-state index contributed by atoms with van der Waals surface area (Å²) < 4.78 is 10.9. The lowest BCUT2D eigenvalue weighted by Gasteiger charge is -2.23. The van der Waals surface area contributed by atoms with E-state index in [9.17, 15) is 0 Å². The van der Waals surface area contributed by atoms with E-state index in [0.717, 1.165) is 19.4 Å². The first-order valence-electron chi connectivity index (χ1n) is 6.06. The van der Waals surface area contributed by atoms with Gasteiger partial charge in [0, 0.05) is 6.61 Å². The van der Waals surface area contributed by atoms with E-state index in [-0.39, 0.29) is 11.5 Å². The van der Waals surface area contributed by atoms with Gasteiger partial charge in [-0.2, -0.15) is 4.98 Å². The molecule has 1 aromatic rings. The molecule has 0 aromatic carbocycles. The molecule has 5 heteroatoms. The van der Waals surface area contributed by atoms with Gasteiger partial charge < -0.3 is 15.0 Å². The predicted molar refractivity (Wildman–Crippen MR) is 63.2 cm³/mol. The summed E-state index contributed by atoms with van der Waals surface area (Å²) in [4.78, 5) is 4.40. The van der Waals surface area contributed by atoms with Gasteiger partial charge in [-0.05, 0) is 25.2 Å². The van der Waals surface area contributed by atoms with E-state index in [2.05, 4.69) is 30.9 Å². The van der Waals surface area contributed by atoms with E-state index in [1.165, 1.54) is 0 Å². The Morgan fingerprint density at radius 2 is 2.12 bits per heavy atom. The average molecular weight is 239 g/mol. The van der Waals surface area contributed by atoms with Gasteiger partial charge in [-0.15, -0.1) is 0 Å². The van der Waals surface area contributed by atoms with E-state index in [4.69, 9.17) is 15.0 Å². The first kappa shape index (κ1) is 12.5. The normalized spacial score (nSPS) is 27.4. The summed E-state index contributed by atoms with van der Waals surface area (Å²) in [7, 11) is 0. The minimum Gasteiger partial charge on any atom is -0.367 e. The molecule has 1 fully saturated rings. The third-order valence-corrected chi connectivity index (χ3v) is 3.33. The molecule has 5 nitrogen and oxygen atoms in total. The summed E-state index contributed by atoms with van der Waals surface area (Å²) in [5, 5.41) is 4.01. The molecule has 1 aliphatic heterocycles. The van der Waals surface area contributed by atoms with Gasteiger partial charge in [-0.3, -0.25) is 0 Å². The minimum absolute atomic E-state index is 0.0960. The van der Waals surface area contributed by atoms with Crippen molar-refractivity contribution < 1.29 is 9.26 Å². The van der Waals surface area contributed by atoms with Crippen molar-refractivity contribution in [3.05, 3.63) is 11.7 Å². The van der Waals surface area contributed by atoms with Crippen molar-refractivity contribution in [3.8, 4) is 0 Å². The van der Waals surface area contributed by atoms with Crippen LogP contribution >= 0.6 is 0 Å². The SMILES string of the molecule is CC1(c2noc(C(N)C(C)(C)C)n2)CCCO1. The fraction of sp³-hybridized carbons (Fsp3) is 0.833. The Morgan fingerprint density at radius 1 is 1.41 bits per heavy atom. The number of nitrogens with zero attached hydrogens (tertiary/aromatic N) is 2. The zero-order chi connectivity index (χ0) is 12.7. The molecule has 0 aliphatic carbocycles. The van der Waals surface area contributed by atoms with Crippen LogP contribution in [0.25, 0.3) is 0 Å². The van der Waals surface area contributed by atoms with Gasteiger partial charge in [0.05, 0.1) is 6.04 Å². The molecule has 1 saturated heterocycles. The third-order valence-electron chi connectivity index (χ3n) is 3.33.